The van der Waals surface area contributed by atoms with E-state index in [2.05, 4.69) is 59.3 Å². The summed E-state index contributed by atoms with van der Waals surface area (Å²) in [6, 6.07) is 17.5. The molecule has 0 saturated heterocycles. The Balaban J connectivity index is 1.69. The summed E-state index contributed by atoms with van der Waals surface area (Å²) in [4.78, 5) is 0. The van der Waals surface area contributed by atoms with Gasteiger partial charge >= 0.3 is 0 Å². The number of hydrogen-bond acceptors (Lipinski definition) is 1. The van der Waals surface area contributed by atoms with Crippen molar-refractivity contribution in [1.29, 1.82) is 0 Å². The molecule has 0 radical (unpaired) electrons. The number of nitrogens with two attached hydrogens (primary N) is 1. The first-order valence-corrected chi connectivity index (χ1v) is 7.71. The van der Waals surface area contributed by atoms with Crippen LogP contribution in [0.2, 0.25) is 0 Å². The molecule has 1 unspecified atom stereocenters. The molecule has 106 valence electrons. The van der Waals surface area contributed by atoms with Crippen molar-refractivity contribution in [3.8, 4) is 0 Å². The van der Waals surface area contributed by atoms with Crippen molar-refractivity contribution in [3.05, 3.63) is 71.4 Å². The van der Waals surface area contributed by atoms with E-state index in [-0.39, 0.29) is 0 Å². The van der Waals surface area contributed by atoms with E-state index in [0.717, 1.165) is 13.0 Å². The maximum atomic E-state index is 5.75. The highest BCUT2D eigenvalue weighted by Gasteiger charge is 2.26. The third-order valence-electron chi connectivity index (χ3n) is 4.66. The Morgan fingerprint density at radius 2 is 1.86 bits per heavy atom. The van der Waals surface area contributed by atoms with Gasteiger partial charge in [-0.3, -0.25) is 0 Å². The Bertz CT molecular complexity index is 785. The van der Waals surface area contributed by atoms with Crippen LogP contribution in [0, 0.1) is 0 Å². The Kier molecular flexibility index (Phi) is 3.04. The number of hydrogen-bond donors (Lipinski definition) is 1. The first-order chi connectivity index (χ1) is 10.4. The van der Waals surface area contributed by atoms with E-state index in [4.69, 9.17) is 5.73 Å². The molecular formula is C19H20N2. The average molecular weight is 276 g/mol. The maximum absolute atomic E-state index is 5.75. The van der Waals surface area contributed by atoms with Crippen LogP contribution >= 0.6 is 0 Å². The van der Waals surface area contributed by atoms with Gasteiger partial charge in [0.1, 0.15) is 0 Å². The van der Waals surface area contributed by atoms with E-state index >= 15 is 0 Å². The van der Waals surface area contributed by atoms with Crippen LogP contribution in [0.25, 0.3) is 10.9 Å². The van der Waals surface area contributed by atoms with Crippen molar-refractivity contribution in [3.63, 3.8) is 0 Å². The minimum absolute atomic E-state index is 0.655. The van der Waals surface area contributed by atoms with Crippen molar-refractivity contribution < 1.29 is 0 Å². The van der Waals surface area contributed by atoms with Gasteiger partial charge in [-0.1, -0.05) is 42.5 Å². The Labute approximate surface area is 125 Å². The second-order valence-electron chi connectivity index (χ2n) is 5.96. The molecule has 1 atom stereocenters. The van der Waals surface area contributed by atoms with E-state index < -0.39 is 0 Å². The van der Waals surface area contributed by atoms with Crippen LogP contribution in [0.4, 0.5) is 0 Å². The number of aromatic nitrogens is 1. The van der Waals surface area contributed by atoms with Crippen molar-refractivity contribution >= 4 is 10.9 Å². The Morgan fingerprint density at radius 3 is 2.71 bits per heavy atom. The molecule has 1 heterocycles. The van der Waals surface area contributed by atoms with Crippen LogP contribution < -0.4 is 5.73 Å². The molecule has 0 spiro atoms. The lowest BCUT2D eigenvalue weighted by Gasteiger charge is -2.30. The average Bonchev–Trinajstić information content (AvgIpc) is 2.84. The van der Waals surface area contributed by atoms with Crippen LogP contribution in [-0.2, 0) is 19.4 Å². The first kappa shape index (κ1) is 12.7. The summed E-state index contributed by atoms with van der Waals surface area (Å²) in [6.07, 6.45) is 4.46. The molecular weight excluding hydrogens is 256 g/mol. The number of para-hydroxylation sites is 1. The van der Waals surface area contributed by atoms with Gasteiger partial charge in [0.05, 0.1) is 0 Å². The normalized spacial score (nSPS) is 16.7. The molecule has 4 rings (SSSR count). The summed E-state index contributed by atoms with van der Waals surface area (Å²) in [7, 11) is 0. The zero-order valence-electron chi connectivity index (χ0n) is 12.1. The summed E-state index contributed by atoms with van der Waals surface area (Å²) in [5.41, 5.74) is 11.5. The van der Waals surface area contributed by atoms with Gasteiger partial charge in [0.25, 0.3) is 0 Å². The maximum Gasteiger partial charge on any atom is 0.0483 e. The zero-order valence-corrected chi connectivity index (χ0v) is 12.1. The Morgan fingerprint density at radius 1 is 1.05 bits per heavy atom. The largest absolute Gasteiger partial charge is 0.347 e. The number of rotatable bonds is 4. The monoisotopic (exact) mass is 276 g/mol. The molecule has 2 aromatic carbocycles. The van der Waals surface area contributed by atoms with Crippen LogP contribution in [0.15, 0.2) is 54.7 Å². The van der Waals surface area contributed by atoms with Crippen LogP contribution in [-0.4, -0.2) is 11.1 Å². The van der Waals surface area contributed by atoms with Crippen LogP contribution in [0.3, 0.4) is 0 Å². The van der Waals surface area contributed by atoms with E-state index in [1.54, 1.807) is 0 Å². The number of nitrogens with zero attached hydrogens (tertiary/aromatic N) is 1. The quantitative estimate of drug-likeness (QED) is 0.777. The van der Waals surface area contributed by atoms with Gasteiger partial charge in [0.15, 0.2) is 0 Å². The van der Waals surface area contributed by atoms with Gasteiger partial charge < -0.3 is 10.3 Å². The van der Waals surface area contributed by atoms with Gasteiger partial charge in [0, 0.05) is 29.6 Å². The van der Waals surface area contributed by atoms with Crippen molar-refractivity contribution in [1.82, 2.24) is 4.57 Å². The molecule has 0 aliphatic heterocycles. The highest BCUT2D eigenvalue weighted by Crippen LogP contribution is 2.37. The first-order valence-electron chi connectivity index (χ1n) is 7.71. The predicted molar refractivity (Wildman–Crippen MR) is 87.6 cm³/mol. The highest BCUT2D eigenvalue weighted by atomic mass is 15.0. The van der Waals surface area contributed by atoms with Gasteiger partial charge in [-0.2, -0.15) is 0 Å². The van der Waals surface area contributed by atoms with Crippen LogP contribution in [0.1, 0.15) is 22.6 Å². The molecule has 0 amide bonds. The fraction of sp³-hybridized carbons (Fsp3) is 0.263. The summed E-state index contributed by atoms with van der Waals surface area (Å²) >= 11 is 0. The zero-order chi connectivity index (χ0) is 14.2. The SMILES string of the molecule is NCCc1cn(CC2Cc3ccccc32)c2ccccc12. The number of benzene rings is 2. The minimum atomic E-state index is 0.655. The lowest BCUT2D eigenvalue weighted by atomic mass is 9.77. The molecule has 0 bridgehead atoms. The van der Waals surface area contributed by atoms with E-state index in [9.17, 15) is 0 Å². The molecule has 1 aromatic heterocycles. The van der Waals surface area contributed by atoms with Crippen LogP contribution in [0.5, 0.6) is 0 Å². The van der Waals surface area contributed by atoms with E-state index in [0.29, 0.717) is 12.5 Å². The predicted octanol–water partition coefficient (Wildman–Crippen LogP) is 3.48. The molecule has 2 N–H and O–H groups in total. The van der Waals surface area contributed by atoms with Gasteiger partial charge in [-0.25, -0.2) is 0 Å². The minimum Gasteiger partial charge on any atom is -0.347 e. The Hall–Kier alpha value is -2.06. The smallest absolute Gasteiger partial charge is 0.0483 e. The lowest BCUT2D eigenvalue weighted by Crippen LogP contribution is -2.21. The highest BCUT2D eigenvalue weighted by molar-refractivity contribution is 5.84. The molecule has 0 saturated carbocycles. The molecule has 0 fully saturated rings. The summed E-state index contributed by atoms with van der Waals surface area (Å²) in [5, 5.41) is 1.36. The lowest BCUT2D eigenvalue weighted by molar-refractivity contribution is 0.518. The van der Waals surface area contributed by atoms with Gasteiger partial charge in [-0.15, -0.1) is 0 Å². The van der Waals surface area contributed by atoms with Gasteiger partial charge in [0.2, 0.25) is 0 Å². The summed E-state index contributed by atoms with van der Waals surface area (Å²) in [5.74, 6) is 0.655. The fourth-order valence-corrected chi connectivity index (χ4v) is 3.59. The molecule has 21 heavy (non-hydrogen) atoms. The molecule has 1 aliphatic carbocycles. The second kappa shape index (κ2) is 5.05. The molecule has 1 aliphatic rings. The third kappa shape index (κ3) is 2.07. The van der Waals surface area contributed by atoms with Gasteiger partial charge in [-0.05, 0) is 42.1 Å². The topological polar surface area (TPSA) is 30.9 Å². The van der Waals surface area contributed by atoms with E-state index in [1.807, 2.05) is 0 Å². The fourth-order valence-electron chi connectivity index (χ4n) is 3.59. The van der Waals surface area contributed by atoms with Crippen molar-refractivity contribution in [2.45, 2.75) is 25.3 Å². The van der Waals surface area contributed by atoms with Crippen molar-refractivity contribution in [2.75, 3.05) is 6.54 Å². The summed E-state index contributed by atoms with van der Waals surface area (Å²) < 4.78 is 2.42. The molecule has 2 nitrogen and oxygen atoms in total. The molecule has 2 heteroatoms. The van der Waals surface area contributed by atoms with Crippen molar-refractivity contribution in [2.24, 2.45) is 5.73 Å². The van der Waals surface area contributed by atoms with E-state index in [1.165, 1.54) is 34.0 Å². The third-order valence-corrected chi connectivity index (χ3v) is 4.66. The second-order valence-corrected chi connectivity index (χ2v) is 5.96. The molecule has 3 aromatic rings. The summed E-state index contributed by atoms with van der Waals surface area (Å²) in [6.45, 7) is 1.78. The standard InChI is InChI=1S/C19H20N2/c20-10-9-15-12-21(19-8-4-3-7-18(15)19)13-16-11-14-5-1-2-6-17(14)16/h1-8,12,16H,9-11,13,20H2. The number of fused-ring (bicyclic) bond motifs is 2.